The van der Waals surface area contributed by atoms with Gasteiger partial charge in [-0.2, -0.15) is 4.31 Å². The standard InChI is InChI=1S/C21H22Br2N2O3S/c1-14-11-16-12-18(23)6-9-20(16)25(14)21(26)15-3-2-10-24(13-15)29(27,28)19-7-4-17(22)5-8-19/h4-9,12,14-15H,2-3,10-11,13H2,1H3/t14-,15-/m1/s1. The number of halogens is 2. The number of nitrogens with zero attached hydrogens (tertiary/aromatic N) is 2. The summed E-state index contributed by atoms with van der Waals surface area (Å²) in [5.41, 5.74) is 2.09. The van der Waals surface area contributed by atoms with E-state index < -0.39 is 10.0 Å². The molecule has 4 rings (SSSR count). The summed E-state index contributed by atoms with van der Waals surface area (Å²) in [6.45, 7) is 2.72. The molecule has 2 aliphatic heterocycles. The smallest absolute Gasteiger partial charge is 0.243 e. The lowest BCUT2D eigenvalue weighted by molar-refractivity contribution is -0.123. The number of benzene rings is 2. The van der Waals surface area contributed by atoms with Crippen LogP contribution in [-0.2, 0) is 21.2 Å². The molecule has 2 aromatic carbocycles. The maximum Gasteiger partial charge on any atom is 0.243 e. The number of rotatable bonds is 3. The highest BCUT2D eigenvalue weighted by Gasteiger charge is 2.39. The molecule has 0 N–H and O–H groups in total. The Labute approximate surface area is 188 Å². The number of carbonyl (C=O) groups excluding carboxylic acids is 1. The third-order valence-electron chi connectivity index (χ3n) is 5.68. The Morgan fingerprint density at radius 2 is 1.76 bits per heavy atom. The zero-order valence-electron chi connectivity index (χ0n) is 16.0. The second-order valence-electron chi connectivity index (χ2n) is 7.69. The summed E-state index contributed by atoms with van der Waals surface area (Å²) < 4.78 is 29.4. The van der Waals surface area contributed by atoms with Gasteiger partial charge < -0.3 is 4.90 Å². The van der Waals surface area contributed by atoms with Crippen LogP contribution in [-0.4, -0.2) is 37.8 Å². The second-order valence-corrected chi connectivity index (χ2v) is 11.5. The van der Waals surface area contributed by atoms with Crippen molar-refractivity contribution < 1.29 is 13.2 Å². The third kappa shape index (κ3) is 4.04. The van der Waals surface area contributed by atoms with Crippen molar-refractivity contribution in [2.75, 3.05) is 18.0 Å². The first-order valence-electron chi connectivity index (χ1n) is 9.64. The highest BCUT2D eigenvalue weighted by molar-refractivity contribution is 9.10. The number of amides is 1. The van der Waals surface area contributed by atoms with Gasteiger partial charge >= 0.3 is 0 Å². The molecule has 29 heavy (non-hydrogen) atoms. The van der Waals surface area contributed by atoms with Gasteiger partial charge in [0.05, 0.1) is 10.8 Å². The Morgan fingerprint density at radius 1 is 1.07 bits per heavy atom. The van der Waals surface area contributed by atoms with E-state index in [1.807, 2.05) is 24.0 Å². The van der Waals surface area contributed by atoms with Crippen LogP contribution in [0.25, 0.3) is 0 Å². The van der Waals surface area contributed by atoms with Gasteiger partial charge in [0, 0.05) is 33.8 Å². The minimum Gasteiger partial charge on any atom is -0.309 e. The predicted molar refractivity (Wildman–Crippen MR) is 120 cm³/mol. The van der Waals surface area contributed by atoms with Crippen molar-refractivity contribution in [3.8, 4) is 0 Å². The topological polar surface area (TPSA) is 57.7 Å². The molecule has 5 nitrogen and oxygen atoms in total. The number of fused-ring (bicyclic) bond motifs is 1. The molecule has 0 saturated carbocycles. The summed E-state index contributed by atoms with van der Waals surface area (Å²) >= 11 is 6.83. The average molecular weight is 542 g/mol. The Bertz CT molecular complexity index is 1040. The van der Waals surface area contributed by atoms with E-state index in [1.165, 1.54) is 4.31 Å². The molecule has 0 bridgehead atoms. The molecule has 1 amide bonds. The van der Waals surface area contributed by atoms with E-state index in [2.05, 4.69) is 37.9 Å². The lowest BCUT2D eigenvalue weighted by Crippen LogP contribution is -2.48. The molecule has 2 atom stereocenters. The number of sulfonamides is 1. The summed E-state index contributed by atoms with van der Waals surface area (Å²) in [4.78, 5) is 15.5. The maximum atomic E-state index is 13.4. The second kappa shape index (κ2) is 8.13. The van der Waals surface area contributed by atoms with Gasteiger partial charge in [0.15, 0.2) is 0 Å². The number of piperidine rings is 1. The molecule has 0 spiro atoms. The van der Waals surface area contributed by atoms with Crippen molar-refractivity contribution in [2.24, 2.45) is 5.92 Å². The van der Waals surface area contributed by atoms with Crippen LogP contribution in [0.2, 0.25) is 0 Å². The van der Waals surface area contributed by atoms with Crippen LogP contribution < -0.4 is 4.90 Å². The molecule has 2 heterocycles. The van der Waals surface area contributed by atoms with Gasteiger partial charge in [0.1, 0.15) is 0 Å². The SMILES string of the molecule is C[C@@H]1Cc2cc(Br)ccc2N1C(=O)[C@@H]1CCCN(S(=O)(=O)c2ccc(Br)cc2)C1. The van der Waals surface area contributed by atoms with E-state index in [9.17, 15) is 13.2 Å². The fraction of sp³-hybridized carbons (Fsp3) is 0.381. The zero-order chi connectivity index (χ0) is 20.8. The highest BCUT2D eigenvalue weighted by Crippen LogP contribution is 2.36. The number of hydrogen-bond donors (Lipinski definition) is 0. The first kappa shape index (κ1) is 21.0. The van der Waals surface area contributed by atoms with E-state index in [0.717, 1.165) is 26.6 Å². The fourth-order valence-electron chi connectivity index (χ4n) is 4.25. The van der Waals surface area contributed by atoms with Crippen molar-refractivity contribution in [1.29, 1.82) is 0 Å². The first-order chi connectivity index (χ1) is 13.8. The molecule has 2 aliphatic rings. The van der Waals surface area contributed by atoms with Crippen LogP contribution >= 0.6 is 31.9 Å². The largest absolute Gasteiger partial charge is 0.309 e. The van der Waals surface area contributed by atoms with E-state index in [-0.39, 0.29) is 29.3 Å². The van der Waals surface area contributed by atoms with Crippen molar-refractivity contribution >= 4 is 53.5 Å². The van der Waals surface area contributed by atoms with Crippen LogP contribution in [0.1, 0.15) is 25.3 Å². The molecule has 8 heteroatoms. The normalized spacial score (nSPS) is 22.5. The fourth-order valence-corrected chi connectivity index (χ4v) is 6.45. The van der Waals surface area contributed by atoms with Crippen LogP contribution in [0.4, 0.5) is 5.69 Å². The van der Waals surface area contributed by atoms with Crippen LogP contribution in [0, 0.1) is 5.92 Å². The molecule has 0 aromatic heterocycles. The van der Waals surface area contributed by atoms with Crippen molar-refractivity contribution in [2.45, 2.75) is 37.1 Å². The summed E-state index contributed by atoms with van der Waals surface area (Å²) in [6.07, 6.45) is 2.20. The predicted octanol–water partition coefficient (Wildman–Crippen LogP) is 4.59. The van der Waals surface area contributed by atoms with Crippen LogP contribution in [0.15, 0.2) is 56.3 Å². The Hall–Kier alpha value is -1.22. The lowest BCUT2D eigenvalue weighted by Gasteiger charge is -2.34. The third-order valence-corrected chi connectivity index (χ3v) is 8.58. The van der Waals surface area contributed by atoms with Crippen molar-refractivity contribution in [3.63, 3.8) is 0 Å². The van der Waals surface area contributed by atoms with Crippen LogP contribution in [0.3, 0.4) is 0 Å². The van der Waals surface area contributed by atoms with Gasteiger partial charge in [-0.3, -0.25) is 4.79 Å². The van der Waals surface area contributed by atoms with E-state index in [4.69, 9.17) is 0 Å². The summed E-state index contributed by atoms with van der Waals surface area (Å²) in [5, 5.41) is 0. The molecule has 1 saturated heterocycles. The average Bonchev–Trinajstić information content (AvgIpc) is 3.02. The van der Waals surface area contributed by atoms with Crippen molar-refractivity contribution in [3.05, 3.63) is 57.0 Å². The van der Waals surface area contributed by atoms with Gasteiger partial charge in [-0.15, -0.1) is 0 Å². The molecule has 0 unspecified atom stereocenters. The van der Waals surface area contributed by atoms with Gasteiger partial charge in [0.2, 0.25) is 15.9 Å². The maximum absolute atomic E-state index is 13.4. The monoisotopic (exact) mass is 540 g/mol. The van der Waals surface area contributed by atoms with Gasteiger partial charge in [-0.1, -0.05) is 31.9 Å². The zero-order valence-corrected chi connectivity index (χ0v) is 20.0. The quantitative estimate of drug-likeness (QED) is 0.571. The summed E-state index contributed by atoms with van der Waals surface area (Å²) in [5.74, 6) is -0.305. The number of hydrogen-bond acceptors (Lipinski definition) is 3. The lowest BCUT2D eigenvalue weighted by atomic mass is 9.97. The molecule has 154 valence electrons. The Morgan fingerprint density at radius 3 is 2.48 bits per heavy atom. The molecule has 1 fully saturated rings. The van der Waals surface area contributed by atoms with Gasteiger partial charge in [-0.05, 0) is 74.2 Å². The molecule has 2 aromatic rings. The molecular weight excluding hydrogens is 520 g/mol. The molecular formula is C21H22Br2N2O3S. The Balaban J connectivity index is 1.56. The first-order valence-corrected chi connectivity index (χ1v) is 12.7. The Kier molecular flexibility index (Phi) is 5.90. The summed E-state index contributed by atoms with van der Waals surface area (Å²) in [7, 11) is -3.61. The minimum absolute atomic E-state index is 0.0225. The van der Waals surface area contributed by atoms with Crippen LogP contribution in [0.5, 0.6) is 0 Å². The highest BCUT2D eigenvalue weighted by atomic mass is 79.9. The van der Waals surface area contributed by atoms with E-state index in [1.54, 1.807) is 24.3 Å². The number of carbonyl (C=O) groups is 1. The molecule has 0 aliphatic carbocycles. The van der Waals surface area contributed by atoms with Gasteiger partial charge in [-0.25, -0.2) is 8.42 Å². The number of anilines is 1. The van der Waals surface area contributed by atoms with E-state index >= 15 is 0 Å². The molecule has 0 radical (unpaired) electrons. The van der Waals surface area contributed by atoms with Gasteiger partial charge in [0.25, 0.3) is 0 Å². The van der Waals surface area contributed by atoms with E-state index in [0.29, 0.717) is 19.4 Å². The minimum atomic E-state index is -3.61. The van der Waals surface area contributed by atoms with Crippen molar-refractivity contribution in [1.82, 2.24) is 4.31 Å². The summed E-state index contributed by atoms with van der Waals surface area (Å²) in [6, 6.07) is 12.7.